The summed E-state index contributed by atoms with van der Waals surface area (Å²) in [5, 5.41) is 0. The molecule has 74 valence electrons. The van der Waals surface area contributed by atoms with Gasteiger partial charge in [-0.05, 0) is 36.8 Å². The smallest absolute Gasteiger partial charge is 0.0129 e. The summed E-state index contributed by atoms with van der Waals surface area (Å²) in [5.41, 5.74) is 1.38. The van der Waals surface area contributed by atoms with Gasteiger partial charge >= 0.3 is 0 Å². The van der Waals surface area contributed by atoms with Gasteiger partial charge in [0.2, 0.25) is 0 Å². The zero-order valence-corrected chi connectivity index (χ0v) is 9.66. The summed E-state index contributed by atoms with van der Waals surface area (Å²) >= 11 is 1.88. The maximum atomic E-state index is 3.08. The third-order valence-corrected chi connectivity index (χ3v) is 2.84. The van der Waals surface area contributed by atoms with Crippen molar-refractivity contribution in [2.45, 2.75) is 31.6 Å². The van der Waals surface area contributed by atoms with E-state index in [4.69, 9.17) is 0 Å². The molecule has 0 aliphatic heterocycles. The first kappa shape index (κ1) is 11.2. The Morgan fingerprint density at radius 2 is 1.93 bits per heavy atom. The highest BCUT2D eigenvalue weighted by Gasteiger charge is 1.93. The lowest BCUT2D eigenvalue weighted by Gasteiger charge is -2.00. The summed E-state index contributed by atoms with van der Waals surface area (Å²) in [4.78, 5) is 1.36. The maximum absolute atomic E-state index is 3.08. The molecule has 0 heterocycles. The standard InChI is InChI=1S/C13H16S/c1-3-5-6-7-12-8-10-13(11-9-12)14-4-2/h8-11H,4,6-7H2,1-2H3. The van der Waals surface area contributed by atoms with Crippen molar-refractivity contribution in [2.75, 3.05) is 5.75 Å². The van der Waals surface area contributed by atoms with Crippen LogP contribution in [0.2, 0.25) is 0 Å². The van der Waals surface area contributed by atoms with Crippen LogP contribution in [0.1, 0.15) is 25.8 Å². The Kier molecular flexibility index (Phi) is 5.25. The van der Waals surface area contributed by atoms with E-state index in [-0.39, 0.29) is 0 Å². The van der Waals surface area contributed by atoms with E-state index >= 15 is 0 Å². The van der Waals surface area contributed by atoms with Crippen LogP contribution in [-0.4, -0.2) is 5.75 Å². The molecule has 0 N–H and O–H groups in total. The average molecular weight is 204 g/mol. The Balaban J connectivity index is 2.49. The van der Waals surface area contributed by atoms with Crippen molar-refractivity contribution in [1.29, 1.82) is 0 Å². The number of aryl methyl sites for hydroxylation is 1. The molecule has 0 unspecified atom stereocenters. The number of thioether (sulfide) groups is 1. The highest BCUT2D eigenvalue weighted by atomic mass is 32.2. The summed E-state index contributed by atoms with van der Waals surface area (Å²) in [6.07, 6.45) is 2.04. The number of hydrogen-bond donors (Lipinski definition) is 0. The van der Waals surface area contributed by atoms with E-state index in [2.05, 4.69) is 43.0 Å². The van der Waals surface area contributed by atoms with Crippen LogP contribution in [0.15, 0.2) is 29.2 Å². The third kappa shape index (κ3) is 3.89. The minimum Gasteiger partial charge on any atom is -0.126 e. The lowest BCUT2D eigenvalue weighted by Crippen LogP contribution is -1.83. The highest BCUT2D eigenvalue weighted by Crippen LogP contribution is 2.18. The van der Waals surface area contributed by atoms with Crippen molar-refractivity contribution in [3.05, 3.63) is 29.8 Å². The fraction of sp³-hybridized carbons (Fsp3) is 0.385. The molecule has 0 amide bonds. The number of hydrogen-bond acceptors (Lipinski definition) is 1. The highest BCUT2D eigenvalue weighted by molar-refractivity contribution is 7.99. The van der Waals surface area contributed by atoms with Gasteiger partial charge in [0.05, 0.1) is 0 Å². The Bertz CT molecular complexity index is 313. The van der Waals surface area contributed by atoms with Gasteiger partial charge in [0.1, 0.15) is 0 Å². The monoisotopic (exact) mass is 204 g/mol. The first-order chi connectivity index (χ1) is 6.86. The van der Waals surface area contributed by atoms with Gasteiger partial charge in [-0.15, -0.1) is 23.6 Å². The first-order valence-electron chi connectivity index (χ1n) is 4.98. The molecule has 0 aliphatic rings. The Morgan fingerprint density at radius 3 is 2.50 bits per heavy atom. The van der Waals surface area contributed by atoms with Crippen LogP contribution in [0.25, 0.3) is 0 Å². The molecule has 1 heteroatoms. The molecular formula is C13H16S. The molecule has 0 nitrogen and oxygen atoms in total. The van der Waals surface area contributed by atoms with Crippen molar-refractivity contribution in [1.82, 2.24) is 0 Å². The maximum Gasteiger partial charge on any atom is 0.0129 e. The first-order valence-corrected chi connectivity index (χ1v) is 5.96. The van der Waals surface area contributed by atoms with Crippen LogP contribution in [0.3, 0.4) is 0 Å². The third-order valence-electron chi connectivity index (χ3n) is 1.95. The normalized spacial score (nSPS) is 9.29. The lowest BCUT2D eigenvalue weighted by molar-refractivity contribution is 1.02. The molecule has 1 aromatic rings. The SMILES string of the molecule is CC#CCCc1ccc(SCC)cc1. The predicted molar refractivity (Wildman–Crippen MR) is 64.6 cm³/mol. The van der Waals surface area contributed by atoms with Gasteiger partial charge in [-0.25, -0.2) is 0 Å². The summed E-state index contributed by atoms with van der Waals surface area (Å²) in [5.74, 6) is 7.14. The number of rotatable bonds is 4. The van der Waals surface area contributed by atoms with E-state index in [1.165, 1.54) is 10.5 Å². The van der Waals surface area contributed by atoms with E-state index in [0.717, 1.165) is 18.6 Å². The van der Waals surface area contributed by atoms with Gasteiger partial charge in [-0.3, -0.25) is 0 Å². The number of benzene rings is 1. The topological polar surface area (TPSA) is 0 Å². The lowest BCUT2D eigenvalue weighted by atomic mass is 10.1. The van der Waals surface area contributed by atoms with Crippen LogP contribution in [0.4, 0.5) is 0 Å². The molecule has 0 spiro atoms. The minimum atomic E-state index is 0.969. The summed E-state index contributed by atoms with van der Waals surface area (Å²) in [7, 11) is 0. The molecule has 0 aromatic heterocycles. The van der Waals surface area contributed by atoms with Crippen LogP contribution in [0, 0.1) is 11.8 Å². The second kappa shape index (κ2) is 6.56. The van der Waals surface area contributed by atoms with Crippen LogP contribution < -0.4 is 0 Å². The summed E-state index contributed by atoms with van der Waals surface area (Å²) in [6, 6.07) is 8.80. The Morgan fingerprint density at radius 1 is 1.21 bits per heavy atom. The molecular weight excluding hydrogens is 188 g/mol. The molecule has 0 fully saturated rings. The zero-order valence-electron chi connectivity index (χ0n) is 8.84. The average Bonchev–Trinajstić information content (AvgIpc) is 2.21. The van der Waals surface area contributed by atoms with Gasteiger partial charge in [0, 0.05) is 11.3 Å². The predicted octanol–water partition coefficient (Wildman–Crippen LogP) is 3.75. The molecule has 0 saturated carbocycles. The van der Waals surface area contributed by atoms with E-state index in [1.54, 1.807) is 0 Å². The van der Waals surface area contributed by atoms with E-state index in [9.17, 15) is 0 Å². The molecule has 0 saturated heterocycles. The molecule has 1 rings (SSSR count). The van der Waals surface area contributed by atoms with Crippen molar-refractivity contribution < 1.29 is 0 Å². The summed E-state index contributed by atoms with van der Waals surface area (Å²) in [6.45, 7) is 4.07. The second-order valence-electron chi connectivity index (χ2n) is 3.00. The quantitative estimate of drug-likeness (QED) is 0.531. The minimum absolute atomic E-state index is 0.969. The Hall–Kier alpha value is -0.870. The Labute approximate surface area is 91.1 Å². The van der Waals surface area contributed by atoms with Crippen molar-refractivity contribution in [3.8, 4) is 11.8 Å². The molecule has 0 radical (unpaired) electrons. The molecule has 0 atom stereocenters. The van der Waals surface area contributed by atoms with E-state index in [0.29, 0.717) is 0 Å². The van der Waals surface area contributed by atoms with Crippen molar-refractivity contribution in [3.63, 3.8) is 0 Å². The summed E-state index contributed by atoms with van der Waals surface area (Å²) < 4.78 is 0. The van der Waals surface area contributed by atoms with Crippen LogP contribution in [0.5, 0.6) is 0 Å². The van der Waals surface area contributed by atoms with Crippen LogP contribution in [-0.2, 0) is 6.42 Å². The van der Waals surface area contributed by atoms with Crippen molar-refractivity contribution >= 4 is 11.8 Å². The van der Waals surface area contributed by atoms with Crippen molar-refractivity contribution in [2.24, 2.45) is 0 Å². The fourth-order valence-corrected chi connectivity index (χ4v) is 1.91. The molecule has 0 bridgehead atoms. The van der Waals surface area contributed by atoms with E-state index in [1.807, 2.05) is 18.7 Å². The molecule has 14 heavy (non-hydrogen) atoms. The second-order valence-corrected chi connectivity index (χ2v) is 4.34. The van der Waals surface area contributed by atoms with Gasteiger partial charge < -0.3 is 0 Å². The fourth-order valence-electron chi connectivity index (χ4n) is 1.25. The van der Waals surface area contributed by atoms with Gasteiger partial charge in [-0.1, -0.05) is 19.1 Å². The van der Waals surface area contributed by atoms with Gasteiger partial charge in [-0.2, -0.15) is 0 Å². The van der Waals surface area contributed by atoms with Gasteiger partial charge in [0.15, 0.2) is 0 Å². The molecule has 0 aliphatic carbocycles. The van der Waals surface area contributed by atoms with E-state index < -0.39 is 0 Å². The van der Waals surface area contributed by atoms with Gasteiger partial charge in [0.25, 0.3) is 0 Å². The van der Waals surface area contributed by atoms with Crippen LogP contribution >= 0.6 is 11.8 Å². The largest absolute Gasteiger partial charge is 0.126 e. The molecule has 1 aromatic carbocycles. The zero-order chi connectivity index (χ0) is 10.2.